The molecule has 2 rings (SSSR count). The second kappa shape index (κ2) is 5.90. The average Bonchev–Trinajstić information content (AvgIpc) is 2.34. The first-order valence-corrected chi connectivity index (χ1v) is 6.95. The number of rotatable bonds is 3. The van der Waals surface area contributed by atoms with Crippen LogP contribution < -0.4 is 4.74 Å². The summed E-state index contributed by atoms with van der Waals surface area (Å²) in [6.45, 7) is 0. The second-order valence-electron chi connectivity index (χ2n) is 3.49. The van der Waals surface area contributed by atoms with Crippen LogP contribution in [0.2, 0.25) is 5.02 Å². The lowest BCUT2D eigenvalue weighted by Gasteiger charge is -2.09. The Labute approximate surface area is 130 Å². The number of carbonyl (C=O) groups is 1. The van der Waals surface area contributed by atoms with Gasteiger partial charge in [0.25, 0.3) is 0 Å². The molecule has 0 fully saturated rings. The van der Waals surface area contributed by atoms with Gasteiger partial charge in [-0.25, -0.2) is 9.78 Å². The minimum atomic E-state index is -1.03. The number of aromatic carboxylic acids is 1. The van der Waals surface area contributed by atoms with Gasteiger partial charge in [0.1, 0.15) is 10.8 Å². The number of aromatic nitrogens is 1. The van der Waals surface area contributed by atoms with Gasteiger partial charge in [0.15, 0.2) is 0 Å². The first-order valence-electron chi connectivity index (χ1n) is 4.99. The summed E-state index contributed by atoms with van der Waals surface area (Å²) in [4.78, 5) is 14.9. The molecule has 7 heteroatoms. The van der Waals surface area contributed by atoms with Crippen molar-refractivity contribution >= 4 is 49.4 Å². The monoisotopic (exact) mass is 405 g/mol. The zero-order valence-corrected chi connectivity index (χ0v) is 13.2. The Morgan fingerprint density at radius 2 is 2.05 bits per heavy atom. The van der Waals surface area contributed by atoms with Gasteiger partial charge in [-0.2, -0.15) is 0 Å². The van der Waals surface area contributed by atoms with Gasteiger partial charge < -0.3 is 9.84 Å². The van der Waals surface area contributed by atoms with Crippen molar-refractivity contribution in [2.24, 2.45) is 0 Å². The molecule has 0 spiro atoms. The summed E-state index contributed by atoms with van der Waals surface area (Å²) >= 11 is 12.5. The van der Waals surface area contributed by atoms with Crippen LogP contribution in [0.15, 0.2) is 39.4 Å². The van der Waals surface area contributed by atoms with Gasteiger partial charge in [-0.3, -0.25) is 0 Å². The SMILES string of the molecule is O=C(O)c1ccc(Br)c(Oc2ncc(Br)cc2Cl)c1. The predicted octanol–water partition coefficient (Wildman–Crippen LogP) is 4.75. The number of hydrogen-bond donors (Lipinski definition) is 1. The van der Waals surface area contributed by atoms with E-state index in [2.05, 4.69) is 36.8 Å². The van der Waals surface area contributed by atoms with Gasteiger partial charge in [0, 0.05) is 10.7 Å². The smallest absolute Gasteiger partial charge is 0.335 e. The van der Waals surface area contributed by atoms with Gasteiger partial charge in [0.2, 0.25) is 5.88 Å². The summed E-state index contributed by atoms with van der Waals surface area (Å²) in [5, 5.41) is 9.26. The molecule has 19 heavy (non-hydrogen) atoms. The van der Waals surface area contributed by atoms with E-state index in [9.17, 15) is 4.79 Å². The Morgan fingerprint density at radius 1 is 1.32 bits per heavy atom. The molecule has 0 saturated heterocycles. The Bertz CT molecular complexity index is 649. The normalized spacial score (nSPS) is 10.3. The number of halogens is 3. The molecule has 1 aromatic carbocycles. The van der Waals surface area contributed by atoms with E-state index in [1.807, 2.05) is 0 Å². The third-order valence-corrected chi connectivity index (χ3v) is 3.52. The van der Waals surface area contributed by atoms with Crippen molar-refractivity contribution < 1.29 is 14.6 Å². The number of carboxylic acid groups (broad SMARTS) is 1. The molecule has 0 radical (unpaired) electrons. The molecule has 0 amide bonds. The van der Waals surface area contributed by atoms with Crippen LogP contribution in [0.25, 0.3) is 0 Å². The standard InChI is InChI=1S/C12H6Br2ClNO3/c13-7-4-9(15)11(16-5-7)19-10-3-6(12(17)18)1-2-8(10)14/h1-5H,(H,17,18). The number of carboxylic acids is 1. The van der Waals surface area contributed by atoms with Crippen LogP contribution in [-0.2, 0) is 0 Å². The van der Waals surface area contributed by atoms with Crippen molar-refractivity contribution in [3.63, 3.8) is 0 Å². The summed E-state index contributed by atoms with van der Waals surface area (Å²) in [7, 11) is 0. The lowest BCUT2D eigenvalue weighted by molar-refractivity contribution is 0.0696. The summed E-state index contributed by atoms with van der Waals surface area (Å²) in [6, 6.07) is 6.09. The molecule has 0 unspecified atom stereocenters. The molecule has 0 aliphatic heterocycles. The molecule has 4 nitrogen and oxygen atoms in total. The molecule has 0 atom stereocenters. The number of nitrogens with zero attached hydrogens (tertiary/aromatic N) is 1. The Morgan fingerprint density at radius 3 is 2.68 bits per heavy atom. The summed E-state index contributed by atoms with van der Waals surface area (Å²) in [5.41, 5.74) is 0.117. The minimum absolute atomic E-state index is 0.117. The molecule has 98 valence electrons. The minimum Gasteiger partial charge on any atom is -0.478 e. The fourth-order valence-electron chi connectivity index (χ4n) is 1.30. The van der Waals surface area contributed by atoms with E-state index in [1.165, 1.54) is 18.3 Å². The molecular weight excluding hydrogens is 401 g/mol. The van der Waals surface area contributed by atoms with Crippen molar-refractivity contribution in [1.29, 1.82) is 0 Å². The van der Waals surface area contributed by atoms with E-state index in [-0.39, 0.29) is 11.4 Å². The third kappa shape index (κ3) is 3.46. The molecule has 2 aromatic rings. The van der Waals surface area contributed by atoms with Crippen molar-refractivity contribution in [3.05, 3.63) is 50.0 Å². The molecule has 1 heterocycles. The molecule has 0 aliphatic rings. The van der Waals surface area contributed by atoms with E-state index in [0.29, 0.717) is 15.2 Å². The molecule has 1 aromatic heterocycles. The van der Waals surface area contributed by atoms with Crippen LogP contribution in [0.1, 0.15) is 10.4 Å². The van der Waals surface area contributed by atoms with Crippen LogP contribution in [0.5, 0.6) is 11.6 Å². The van der Waals surface area contributed by atoms with Gasteiger partial charge >= 0.3 is 5.97 Å². The second-order valence-corrected chi connectivity index (χ2v) is 5.67. The fourth-order valence-corrected chi connectivity index (χ4v) is 2.29. The quantitative estimate of drug-likeness (QED) is 0.798. The molecular formula is C12H6Br2ClNO3. The number of hydrogen-bond acceptors (Lipinski definition) is 3. The molecule has 0 saturated carbocycles. The van der Waals surface area contributed by atoms with Crippen LogP contribution in [0, 0.1) is 0 Å². The Balaban J connectivity index is 2.37. The van der Waals surface area contributed by atoms with Crippen LogP contribution in [0.3, 0.4) is 0 Å². The maximum atomic E-state index is 10.9. The van der Waals surface area contributed by atoms with Crippen molar-refractivity contribution in [2.45, 2.75) is 0 Å². The van der Waals surface area contributed by atoms with Crippen molar-refractivity contribution in [2.75, 3.05) is 0 Å². The topological polar surface area (TPSA) is 59.4 Å². The van der Waals surface area contributed by atoms with E-state index in [0.717, 1.165) is 4.47 Å². The van der Waals surface area contributed by atoms with Crippen LogP contribution in [-0.4, -0.2) is 16.1 Å². The third-order valence-electron chi connectivity index (χ3n) is 2.16. The lowest BCUT2D eigenvalue weighted by atomic mass is 10.2. The highest BCUT2D eigenvalue weighted by atomic mass is 79.9. The highest BCUT2D eigenvalue weighted by molar-refractivity contribution is 9.10. The first kappa shape index (κ1) is 14.3. The van der Waals surface area contributed by atoms with Crippen molar-refractivity contribution in [1.82, 2.24) is 4.98 Å². The Kier molecular flexibility index (Phi) is 4.44. The zero-order valence-electron chi connectivity index (χ0n) is 9.23. The van der Waals surface area contributed by atoms with E-state index >= 15 is 0 Å². The van der Waals surface area contributed by atoms with Gasteiger partial charge in [-0.1, -0.05) is 11.6 Å². The average molecular weight is 407 g/mol. The summed E-state index contributed by atoms with van der Waals surface area (Å²) < 4.78 is 6.85. The van der Waals surface area contributed by atoms with Crippen molar-refractivity contribution in [3.8, 4) is 11.6 Å². The molecule has 0 bridgehead atoms. The fraction of sp³-hybridized carbons (Fsp3) is 0. The number of pyridine rings is 1. The number of benzene rings is 1. The van der Waals surface area contributed by atoms with Crippen LogP contribution >= 0.6 is 43.5 Å². The molecule has 0 aliphatic carbocycles. The number of ether oxygens (including phenoxy) is 1. The summed E-state index contributed by atoms with van der Waals surface area (Å²) in [5.74, 6) is -0.503. The van der Waals surface area contributed by atoms with E-state index in [1.54, 1.807) is 12.1 Å². The van der Waals surface area contributed by atoms with E-state index < -0.39 is 5.97 Å². The van der Waals surface area contributed by atoms with Crippen LogP contribution in [0.4, 0.5) is 0 Å². The first-order chi connectivity index (χ1) is 8.97. The van der Waals surface area contributed by atoms with Gasteiger partial charge in [-0.15, -0.1) is 0 Å². The zero-order chi connectivity index (χ0) is 14.0. The molecule has 1 N–H and O–H groups in total. The summed E-state index contributed by atoms with van der Waals surface area (Å²) in [6.07, 6.45) is 1.54. The lowest BCUT2D eigenvalue weighted by Crippen LogP contribution is -1.97. The predicted molar refractivity (Wildman–Crippen MR) is 78.1 cm³/mol. The van der Waals surface area contributed by atoms with E-state index in [4.69, 9.17) is 21.4 Å². The van der Waals surface area contributed by atoms with Gasteiger partial charge in [0.05, 0.1) is 10.0 Å². The highest BCUT2D eigenvalue weighted by Crippen LogP contribution is 2.33. The van der Waals surface area contributed by atoms with Gasteiger partial charge in [-0.05, 0) is 56.1 Å². The highest BCUT2D eigenvalue weighted by Gasteiger charge is 2.11. The maximum Gasteiger partial charge on any atom is 0.335 e. The Hall–Kier alpha value is -1.11. The largest absolute Gasteiger partial charge is 0.478 e. The maximum absolute atomic E-state index is 10.9.